The fourth-order valence-electron chi connectivity index (χ4n) is 4.40. The van der Waals surface area contributed by atoms with Gasteiger partial charge < -0.3 is 19.4 Å². The first-order chi connectivity index (χ1) is 17.7. The molecule has 4 aromatic rings. The molecule has 36 heavy (non-hydrogen) atoms. The number of carbonyl (C=O) groups excluding carboxylic acids is 1. The number of piperazine rings is 1. The quantitative estimate of drug-likeness (QED) is 0.340. The van der Waals surface area contributed by atoms with E-state index in [1.807, 2.05) is 59.1 Å². The number of anilines is 1. The van der Waals surface area contributed by atoms with E-state index in [1.165, 1.54) is 5.56 Å². The van der Waals surface area contributed by atoms with Crippen molar-refractivity contribution in [2.45, 2.75) is 13.0 Å². The van der Waals surface area contributed by atoms with Crippen molar-refractivity contribution in [2.24, 2.45) is 0 Å². The SMILES string of the molecule is O=C(NCCCOc1ccc(CN2CCN(c3ccccc3Cl)CC2)cc1)c1cn2ccccc2n1. The Morgan fingerprint density at radius 3 is 2.53 bits per heavy atom. The van der Waals surface area contributed by atoms with Gasteiger partial charge in [0.1, 0.15) is 17.1 Å². The molecule has 1 aliphatic rings. The molecule has 2 aromatic heterocycles. The van der Waals surface area contributed by atoms with E-state index >= 15 is 0 Å². The van der Waals surface area contributed by atoms with Crippen LogP contribution in [0.25, 0.3) is 5.65 Å². The van der Waals surface area contributed by atoms with Gasteiger partial charge in [0.2, 0.25) is 0 Å². The number of halogens is 1. The smallest absolute Gasteiger partial charge is 0.271 e. The van der Waals surface area contributed by atoms with Crippen LogP contribution in [0.1, 0.15) is 22.5 Å². The summed E-state index contributed by atoms with van der Waals surface area (Å²) in [4.78, 5) is 21.5. The van der Waals surface area contributed by atoms with E-state index in [-0.39, 0.29) is 5.91 Å². The lowest BCUT2D eigenvalue weighted by atomic mass is 10.2. The van der Waals surface area contributed by atoms with Crippen LogP contribution < -0.4 is 15.0 Å². The molecule has 5 rings (SSSR count). The molecule has 1 saturated heterocycles. The molecule has 0 radical (unpaired) electrons. The molecular formula is C28H30ClN5O2. The lowest BCUT2D eigenvalue weighted by Crippen LogP contribution is -2.46. The maximum absolute atomic E-state index is 12.3. The number of aromatic nitrogens is 2. The molecule has 0 unspecified atom stereocenters. The third-order valence-corrected chi connectivity index (χ3v) is 6.69. The summed E-state index contributed by atoms with van der Waals surface area (Å²) >= 11 is 6.36. The largest absolute Gasteiger partial charge is 0.494 e. The summed E-state index contributed by atoms with van der Waals surface area (Å²) in [5.41, 5.74) is 3.57. The predicted octanol–water partition coefficient (Wildman–Crippen LogP) is 4.51. The molecule has 0 bridgehead atoms. The number of rotatable bonds is 9. The van der Waals surface area contributed by atoms with E-state index in [1.54, 1.807) is 6.20 Å². The number of amides is 1. The van der Waals surface area contributed by atoms with Crippen molar-refractivity contribution in [3.63, 3.8) is 0 Å². The van der Waals surface area contributed by atoms with E-state index in [0.717, 1.165) is 61.3 Å². The van der Waals surface area contributed by atoms with Gasteiger partial charge in [0.15, 0.2) is 0 Å². The Morgan fingerprint density at radius 1 is 0.972 bits per heavy atom. The highest BCUT2D eigenvalue weighted by Gasteiger charge is 2.18. The lowest BCUT2D eigenvalue weighted by molar-refractivity contribution is 0.0947. The predicted molar refractivity (Wildman–Crippen MR) is 143 cm³/mol. The maximum Gasteiger partial charge on any atom is 0.271 e. The molecule has 8 heteroatoms. The molecule has 2 aromatic carbocycles. The topological polar surface area (TPSA) is 62.1 Å². The highest BCUT2D eigenvalue weighted by Crippen LogP contribution is 2.26. The summed E-state index contributed by atoms with van der Waals surface area (Å²) < 4.78 is 7.69. The van der Waals surface area contributed by atoms with E-state index in [2.05, 4.69) is 38.3 Å². The summed E-state index contributed by atoms with van der Waals surface area (Å²) in [5, 5.41) is 3.72. The van der Waals surface area contributed by atoms with Gasteiger partial charge in [-0.25, -0.2) is 4.98 Å². The number of fused-ring (bicyclic) bond motifs is 1. The van der Waals surface area contributed by atoms with Crippen LogP contribution in [0.4, 0.5) is 5.69 Å². The number of para-hydroxylation sites is 1. The Kier molecular flexibility index (Phi) is 7.69. The van der Waals surface area contributed by atoms with Gasteiger partial charge in [-0.3, -0.25) is 9.69 Å². The average Bonchev–Trinajstić information content (AvgIpc) is 3.35. The molecule has 1 fully saturated rings. The number of carbonyl (C=O) groups is 1. The number of nitrogens with zero attached hydrogens (tertiary/aromatic N) is 4. The molecule has 3 heterocycles. The van der Waals surface area contributed by atoms with Crippen LogP contribution in [0, 0.1) is 0 Å². The summed E-state index contributed by atoms with van der Waals surface area (Å²) in [7, 11) is 0. The molecule has 1 N–H and O–H groups in total. The van der Waals surface area contributed by atoms with Crippen LogP contribution in [0.15, 0.2) is 79.1 Å². The Hall–Kier alpha value is -3.55. The van der Waals surface area contributed by atoms with Crippen molar-refractivity contribution in [3.8, 4) is 5.75 Å². The fraction of sp³-hybridized carbons (Fsp3) is 0.286. The van der Waals surface area contributed by atoms with Gasteiger partial charge >= 0.3 is 0 Å². The third kappa shape index (κ3) is 5.98. The molecular weight excluding hydrogens is 474 g/mol. The van der Waals surface area contributed by atoms with Crippen LogP contribution in [0.2, 0.25) is 5.02 Å². The zero-order valence-electron chi connectivity index (χ0n) is 20.1. The number of benzene rings is 2. The molecule has 1 amide bonds. The lowest BCUT2D eigenvalue weighted by Gasteiger charge is -2.36. The van der Waals surface area contributed by atoms with Crippen molar-refractivity contribution < 1.29 is 9.53 Å². The standard InChI is InChI=1S/C28H30ClN5O2/c29-24-6-1-2-7-26(24)33-17-15-32(16-18-33)20-22-9-11-23(12-10-22)36-19-5-13-30-28(35)25-21-34-14-4-3-8-27(34)31-25/h1-4,6-12,14,21H,5,13,15-20H2,(H,30,35). The number of nitrogens with one attached hydrogen (secondary N) is 1. The number of ether oxygens (including phenoxy) is 1. The van der Waals surface area contributed by atoms with Gasteiger partial charge in [0.25, 0.3) is 5.91 Å². The summed E-state index contributed by atoms with van der Waals surface area (Å²) in [5.74, 6) is 0.671. The van der Waals surface area contributed by atoms with Crippen molar-refractivity contribution in [1.82, 2.24) is 19.6 Å². The Balaban J connectivity index is 1.00. The maximum atomic E-state index is 12.3. The highest BCUT2D eigenvalue weighted by molar-refractivity contribution is 6.33. The first-order valence-corrected chi connectivity index (χ1v) is 12.7. The van der Waals surface area contributed by atoms with Gasteiger partial charge in [0.05, 0.1) is 17.3 Å². The molecule has 0 spiro atoms. The monoisotopic (exact) mass is 503 g/mol. The molecule has 186 valence electrons. The van der Waals surface area contributed by atoms with E-state index in [9.17, 15) is 4.79 Å². The van der Waals surface area contributed by atoms with Gasteiger partial charge in [-0.15, -0.1) is 0 Å². The zero-order valence-corrected chi connectivity index (χ0v) is 20.9. The van der Waals surface area contributed by atoms with Crippen molar-refractivity contribution in [2.75, 3.05) is 44.2 Å². The highest BCUT2D eigenvalue weighted by atomic mass is 35.5. The Morgan fingerprint density at radius 2 is 1.75 bits per heavy atom. The second kappa shape index (κ2) is 11.5. The van der Waals surface area contributed by atoms with E-state index < -0.39 is 0 Å². The second-order valence-corrected chi connectivity index (χ2v) is 9.32. The molecule has 0 atom stereocenters. The van der Waals surface area contributed by atoms with Crippen molar-refractivity contribution in [3.05, 3.63) is 95.4 Å². The number of pyridine rings is 1. The third-order valence-electron chi connectivity index (χ3n) is 6.37. The molecule has 1 aliphatic heterocycles. The van der Waals surface area contributed by atoms with Crippen LogP contribution in [-0.4, -0.2) is 59.5 Å². The first-order valence-electron chi connectivity index (χ1n) is 12.3. The van der Waals surface area contributed by atoms with Gasteiger partial charge in [-0.1, -0.05) is 41.9 Å². The first kappa shape index (κ1) is 24.2. The van der Waals surface area contributed by atoms with Crippen LogP contribution in [-0.2, 0) is 6.54 Å². The second-order valence-electron chi connectivity index (χ2n) is 8.91. The number of hydrogen-bond acceptors (Lipinski definition) is 5. The average molecular weight is 504 g/mol. The van der Waals surface area contributed by atoms with Crippen LogP contribution >= 0.6 is 11.6 Å². The molecule has 0 aliphatic carbocycles. The Labute approximate surface area is 216 Å². The normalized spacial score (nSPS) is 14.2. The van der Waals surface area contributed by atoms with Crippen LogP contribution in [0.5, 0.6) is 5.75 Å². The molecule has 7 nitrogen and oxygen atoms in total. The summed E-state index contributed by atoms with van der Waals surface area (Å²) in [6.45, 7) is 5.94. The zero-order chi connectivity index (χ0) is 24.7. The summed E-state index contributed by atoms with van der Waals surface area (Å²) in [6.07, 6.45) is 4.33. The van der Waals surface area contributed by atoms with Crippen LogP contribution in [0.3, 0.4) is 0 Å². The van der Waals surface area contributed by atoms with E-state index in [4.69, 9.17) is 16.3 Å². The van der Waals surface area contributed by atoms with Gasteiger partial charge in [-0.05, 0) is 48.4 Å². The number of hydrogen-bond donors (Lipinski definition) is 1. The van der Waals surface area contributed by atoms with Crippen molar-refractivity contribution >= 4 is 28.8 Å². The number of imidazole rings is 1. The minimum Gasteiger partial charge on any atom is -0.494 e. The fourth-order valence-corrected chi connectivity index (χ4v) is 4.66. The van der Waals surface area contributed by atoms with E-state index in [0.29, 0.717) is 18.8 Å². The summed E-state index contributed by atoms with van der Waals surface area (Å²) in [6, 6.07) is 22.0. The molecule has 0 saturated carbocycles. The van der Waals surface area contributed by atoms with Gasteiger partial charge in [-0.2, -0.15) is 0 Å². The van der Waals surface area contributed by atoms with Crippen molar-refractivity contribution in [1.29, 1.82) is 0 Å². The minimum atomic E-state index is -0.171. The Bertz CT molecular complexity index is 1270. The minimum absolute atomic E-state index is 0.171. The van der Waals surface area contributed by atoms with Gasteiger partial charge in [0, 0.05) is 51.7 Å².